The zero-order valence-electron chi connectivity index (χ0n) is 8.63. The molecule has 5 heteroatoms. The van der Waals surface area contributed by atoms with Gasteiger partial charge in [-0.05, 0) is 0 Å². The van der Waals surface area contributed by atoms with Crippen molar-refractivity contribution in [2.45, 2.75) is 36.6 Å². The van der Waals surface area contributed by atoms with Gasteiger partial charge in [-0.3, -0.25) is 9.59 Å². The molecule has 0 bridgehead atoms. The van der Waals surface area contributed by atoms with Gasteiger partial charge in [0, 0.05) is 12.8 Å². The number of aliphatic carboxylic acids is 2. The molecule has 0 spiro atoms. The topological polar surface area (TPSA) is 74.6 Å². The molecule has 0 aromatic rings. The van der Waals surface area contributed by atoms with E-state index in [1.807, 2.05) is 0 Å². The van der Waals surface area contributed by atoms with Gasteiger partial charge in [-0.25, -0.2) is 0 Å². The van der Waals surface area contributed by atoms with Gasteiger partial charge in [0.05, 0.1) is 0 Å². The molecule has 0 aromatic carbocycles. The summed E-state index contributed by atoms with van der Waals surface area (Å²) in [4.78, 5) is 23.3. The maximum atomic E-state index is 9.37. The molecule has 0 amide bonds. The van der Waals surface area contributed by atoms with Crippen LogP contribution >= 0.6 is 0 Å². The van der Waals surface area contributed by atoms with E-state index in [1.54, 1.807) is 13.8 Å². The molecule has 0 rings (SSSR count). The molecule has 4 nitrogen and oxygen atoms in total. The average Bonchev–Trinajstić information content (AvgIpc) is 2.07. The van der Waals surface area contributed by atoms with Gasteiger partial charge in [0.2, 0.25) is 0 Å². The summed E-state index contributed by atoms with van der Waals surface area (Å²) >= 11 is 0.230. The molecular formula is C8H18O4Sn. The number of carboxylic acid groups (broad SMARTS) is 2. The molecule has 0 heterocycles. The van der Waals surface area contributed by atoms with Crippen LogP contribution in [0.1, 0.15) is 26.7 Å². The van der Waals surface area contributed by atoms with Crippen molar-refractivity contribution in [2.24, 2.45) is 0 Å². The summed E-state index contributed by atoms with van der Waals surface area (Å²) in [5, 5.41) is 15.4. The molecule has 2 N–H and O–H groups in total. The molecule has 0 saturated carbocycles. The maximum absolute atomic E-state index is 9.37. The second-order valence-corrected chi connectivity index (χ2v) is 4.85. The van der Waals surface area contributed by atoms with Crippen LogP contribution in [-0.2, 0) is 9.59 Å². The Morgan fingerprint density at radius 2 is 1.08 bits per heavy atom. The molecule has 78 valence electrons. The quantitative estimate of drug-likeness (QED) is 0.761. The van der Waals surface area contributed by atoms with Crippen LogP contribution in [0.15, 0.2) is 0 Å². The number of carbonyl (C=O) groups is 2. The predicted molar refractivity (Wildman–Crippen MR) is 53.3 cm³/mol. The molecule has 0 aliphatic heterocycles. The molecule has 0 saturated heterocycles. The monoisotopic (exact) mass is 298 g/mol. The van der Waals surface area contributed by atoms with Crippen LogP contribution in [0, 0.1) is 0 Å². The fourth-order valence-corrected chi connectivity index (χ4v) is 0. The minimum absolute atomic E-state index is 0.222. The Balaban J connectivity index is -0.000000120. The Labute approximate surface area is 89.6 Å². The van der Waals surface area contributed by atoms with E-state index in [4.69, 9.17) is 10.2 Å². The molecule has 0 fully saturated rings. The molecule has 0 atom stereocenters. The summed E-state index contributed by atoms with van der Waals surface area (Å²) < 4.78 is 0. The number of carboxylic acids is 2. The van der Waals surface area contributed by atoms with Gasteiger partial charge in [0.15, 0.2) is 0 Å². The minimum atomic E-state index is -0.745. The number of rotatable bonds is 2. The molecule has 0 aliphatic rings. The normalized spacial score (nSPS) is 7.08. The molecule has 0 unspecified atom stereocenters. The average molecular weight is 297 g/mol. The number of hydrogen-bond acceptors (Lipinski definition) is 2. The molecule has 0 aliphatic carbocycles. The molecule has 2 radical (unpaired) electrons. The summed E-state index contributed by atoms with van der Waals surface area (Å²) in [6, 6.07) is 0. The van der Waals surface area contributed by atoms with Crippen LogP contribution in [-0.4, -0.2) is 43.3 Å². The number of hydrogen-bond donors (Lipinski definition) is 2. The Morgan fingerprint density at radius 3 is 1.08 bits per heavy atom. The van der Waals surface area contributed by atoms with Crippen LogP contribution in [0.2, 0.25) is 9.88 Å². The standard InChI is InChI=1S/2C3H6O2.2CH3.Sn/c2*1-2-3(4)5;;;/h2*2H2,1H3,(H,4,5);2*1H3;. The van der Waals surface area contributed by atoms with Gasteiger partial charge in [-0.15, -0.1) is 0 Å². The van der Waals surface area contributed by atoms with Crippen molar-refractivity contribution in [1.29, 1.82) is 0 Å². The van der Waals surface area contributed by atoms with Crippen molar-refractivity contribution in [1.82, 2.24) is 0 Å². The summed E-state index contributed by atoms with van der Waals surface area (Å²) in [6.45, 7) is 3.20. The van der Waals surface area contributed by atoms with Gasteiger partial charge >= 0.3 is 43.0 Å². The summed E-state index contributed by atoms with van der Waals surface area (Å²) in [7, 11) is 0. The zero-order valence-corrected chi connectivity index (χ0v) is 11.5. The summed E-state index contributed by atoms with van der Waals surface area (Å²) in [5.74, 6) is -1.49. The van der Waals surface area contributed by atoms with Crippen molar-refractivity contribution < 1.29 is 19.8 Å². The third-order valence-electron chi connectivity index (χ3n) is 0.605. The fraction of sp³-hybridized carbons (Fsp3) is 0.750. The van der Waals surface area contributed by atoms with E-state index in [0.29, 0.717) is 0 Å². The first-order chi connectivity index (χ1) is 5.95. The molecule has 0 aromatic heterocycles. The Morgan fingerprint density at radius 1 is 1.00 bits per heavy atom. The second-order valence-electron chi connectivity index (χ2n) is 1.99. The third kappa shape index (κ3) is 79.6. The third-order valence-corrected chi connectivity index (χ3v) is 0.605. The first-order valence-electron chi connectivity index (χ1n) is 3.98. The SMILES string of the molecule is CCC(=O)O.CCC(=O)O.[CH3][Sn][CH3]. The van der Waals surface area contributed by atoms with Crippen molar-refractivity contribution in [3.05, 3.63) is 0 Å². The first kappa shape index (κ1) is 18.5. The van der Waals surface area contributed by atoms with Crippen molar-refractivity contribution in [3.63, 3.8) is 0 Å². The Bertz CT molecular complexity index is 111. The summed E-state index contributed by atoms with van der Waals surface area (Å²) in [6.07, 6.45) is 0.444. The van der Waals surface area contributed by atoms with Crippen LogP contribution in [0.5, 0.6) is 0 Å². The Hall–Kier alpha value is -0.261. The van der Waals surface area contributed by atoms with Gasteiger partial charge in [0.25, 0.3) is 0 Å². The summed E-state index contributed by atoms with van der Waals surface area (Å²) in [5.41, 5.74) is 0. The van der Waals surface area contributed by atoms with E-state index < -0.39 is 11.9 Å². The van der Waals surface area contributed by atoms with E-state index in [2.05, 4.69) is 9.88 Å². The van der Waals surface area contributed by atoms with Crippen LogP contribution < -0.4 is 0 Å². The first-order valence-corrected chi connectivity index (χ1v) is 9.68. The zero-order chi connectivity index (χ0) is 11.3. The van der Waals surface area contributed by atoms with E-state index in [9.17, 15) is 9.59 Å². The van der Waals surface area contributed by atoms with Crippen molar-refractivity contribution >= 4 is 33.1 Å². The van der Waals surface area contributed by atoms with Crippen LogP contribution in [0.3, 0.4) is 0 Å². The van der Waals surface area contributed by atoms with Gasteiger partial charge < -0.3 is 10.2 Å². The van der Waals surface area contributed by atoms with E-state index in [0.717, 1.165) is 0 Å². The van der Waals surface area contributed by atoms with Crippen molar-refractivity contribution in [3.8, 4) is 0 Å². The van der Waals surface area contributed by atoms with Gasteiger partial charge in [-0.1, -0.05) is 13.8 Å². The molecular weight excluding hydrogens is 279 g/mol. The second kappa shape index (κ2) is 17.7. The predicted octanol–water partition coefficient (Wildman–Crippen LogP) is 1.75. The van der Waals surface area contributed by atoms with E-state index in [-0.39, 0.29) is 34.0 Å². The van der Waals surface area contributed by atoms with Gasteiger partial charge in [-0.2, -0.15) is 0 Å². The Kier molecular flexibility index (Phi) is 25.2. The van der Waals surface area contributed by atoms with Crippen LogP contribution in [0.25, 0.3) is 0 Å². The van der Waals surface area contributed by atoms with Gasteiger partial charge in [0.1, 0.15) is 0 Å². The molecule has 13 heavy (non-hydrogen) atoms. The van der Waals surface area contributed by atoms with E-state index >= 15 is 0 Å². The van der Waals surface area contributed by atoms with E-state index in [1.165, 1.54) is 0 Å². The fourth-order valence-electron chi connectivity index (χ4n) is 0. The van der Waals surface area contributed by atoms with Crippen LogP contribution in [0.4, 0.5) is 0 Å². The van der Waals surface area contributed by atoms with Crippen molar-refractivity contribution in [2.75, 3.05) is 0 Å².